The zero-order valence-electron chi connectivity index (χ0n) is 12.6. The van der Waals surface area contributed by atoms with E-state index in [4.69, 9.17) is 5.73 Å². The van der Waals surface area contributed by atoms with Crippen LogP contribution in [0, 0.1) is 0 Å². The van der Waals surface area contributed by atoms with Crippen LogP contribution in [0.5, 0.6) is 5.75 Å². The molecule has 0 spiro atoms. The summed E-state index contributed by atoms with van der Waals surface area (Å²) < 4.78 is 39.8. The number of benzene rings is 1. The average Bonchev–Trinajstić information content (AvgIpc) is 2.44. The second kappa shape index (κ2) is 10.5. The number of aliphatic hydroxyl groups excluding tert-OH is 1. The van der Waals surface area contributed by atoms with Gasteiger partial charge in [0.05, 0.1) is 12.6 Å². The number of guanidine groups is 1. The number of hydrogen-bond acceptors (Lipinski definition) is 3. The average molecular weight is 447 g/mol. The molecule has 1 aromatic carbocycles. The van der Waals surface area contributed by atoms with Crippen LogP contribution in [0.2, 0.25) is 0 Å². The van der Waals surface area contributed by atoms with Crippen LogP contribution in [-0.2, 0) is 0 Å². The second-order valence-corrected chi connectivity index (χ2v) is 4.64. The molecule has 0 saturated carbocycles. The van der Waals surface area contributed by atoms with Crippen LogP contribution in [0.15, 0.2) is 29.3 Å². The molecular formula is C14H21F3IN3O2. The molecule has 5 nitrogen and oxygen atoms in total. The van der Waals surface area contributed by atoms with Crippen molar-refractivity contribution in [2.24, 2.45) is 10.7 Å². The summed E-state index contributed by atoms with van der Waals surface area (Å²) in [6, 6.07) is 4.97. The lowest BCUT2D eigenvalue weighted by atomic mass is 10.1. The van der Waals surface area contributed by atoms with Gasteiger partial charge in [0.1, 0.15) is 5.75 Å². The molecule has 1 aromatic rings. The van der Waals surface area contributed by atoms with E-state index in [1.807, 2.05) is 6.92 Å². The van der Waals surface area contributed by atoms with E-state index in [0.717, 1.165) is 25.0 Å². The van der Waals surface area contributed by atoms with Crippen molar-refractivity contribution >= 4 is 29.9 Å². The number of ether oxygens (including phenoxy) is 1. The van der Waals surface area contributed by atoms with Crippen LogP contribution in [0.4, 0.5) is 13.2 Å². The number of aliphatic imine (C=N–C) groups is 1. The highest BCUT2D eigenvalue weighted by Gasteiger charge is 2.31. The maximum absolute atomic E-state index is 12.0. The molecule has 1 rings (SSSR count). The zero-order chi connectivity index (χ0) is 16.6. The third kappa shape index (κ3) is 9.49. The van der Waals surface area contributed by atoms with E-state index in [0.29, 0.717) is 12.1 Å². The highest BCUT2D eigenvalue weighted by molar-refractivity contribution is 14.0. The lowest BCUT2D eigenvalue weighted by Gasteiger charge is -2.12. The Morgan fingerprint density at radius 1 is 1.35 bits per heavy atom. The molecule has 23 heavy (non-hydrogen) atoms. The lowest BCUT2D eigenvalue weighted by molar-refractivity contribution is -0.274. The maximum atomic E-state index is 12.0. The summed E-state index contributed by atoms with van der Waals surface area (Å²) in [7, 11) is 0. The quantitative estimate of drug-likeness (QED) is 0.260. The number of nitrogens with two attached hydrogens (primary N) is 1. The molecule has 0 amide bonds. The number of aliphatic hydroxyl groups is 1. The summed E-state index contributed by atoms with van der Waals surface area (Å²) in [6.07, 6.45) is -3.70. The molecular weight excluding hydrogens is 426 g/mol. The van der Waals surface area contributed by atoms with E-state index >= 15 is 0 Å². The van der Waals surface area contributed by atoms with E-state index in [1.165, 1.54) is 12.1 Å². The van der Waals surface area contributed by atoms with Crippen LogP contribution in [0.25, 0.3) is 0 Å². The van der Waals surface area contributed by atoms with E-state index < -0.39 is 12.5 Å². The normalized spacial score (nSPS) is 13.2. The first-order valence-corrected chi connectivity index (χ1v) is 6.89. The van der Waals surface area contributed by atoms with Crippen molar-refractivity contribution < 1.29 is 23.0 Å². The fraction of sp³-hybridized carbons (Fsp3) is 0.500. The highest BCUT2D eigenvalue weighted by Crippen LogP contribution is 2.24. The predicted molar refractivity (Wildman–Crippen MR) is 92.9 cm³/mol. The summed E-state index contributed by atoms with van der Waals surface area (Å²) in [5, 5.41) is 12.8. The number of hydrogen-bond donors (Lipinski definition) is 3. The van der Waals surface area contributed by atoms with Crippen molar-refractivity contribution in [2.45, 2.75) is 32.2 Å². The van der Waals surface area contributed by atoms with Gasteiger partial charge in [-0.05, 0) is 24.1 Å². The Hall–Kier alpha value is -1.23. The largest absolute Gasteiger partial charge is 0.573 e. The Morgan fingerprint density at radius 3 is 2.48 bits per heavy atom. The van der Waals surface area contributed by atoms with Crippen LogP contribution in [0.1, 0.15) is 31.4 Å². The smallest absolute Gasteiger partial charge is 0.406 e. The first-order chi connectivity index (χ1) is 10.3. The zero-order valence-corrected chi connectivity index (χ0v) is 15.0. The standard InChI is InChI=1S/C14H20F3N3O2.HI/c1-2-3-8-19-13(18)20-9-12(21)10-4-6-11(7-5-10)22-14(15,16)17;/h4-7,12,21H,2-3,8-9H2,1H3,(H3,18,19,20);1H. The molecule has 0 aliphatic heterocycles. The topological polar surface area (TPSA) is 79.9 Å². The van der Waals surface area contributed by atoms with Gasteiger partial charge in [-0.2, -0.15) is 0 Å². The Morgan fingerprint density at radius 2 is 1.96 bits per heavy atom. The van der Waals surface area contributed by atoms with Gasteiger partial charge in [-0.1, -0.05) is 25.5 Å². The van der Waals surface area contributed by atoms with Crippen molar-refractivity contribution in [2.75, 3.05) is 13.1 Å². The molecule has 0 aliphatic carbocycles. The second-order valence-electron chi connectivity index (χ2n) is 4.64. The van der Waals surface area contributed by atoms with Gasteiger partial charge in [0.15, 0.2) is 5.96 Å². The third-order valence-electron chi connectivity index (χ3n) is 2.77. The van der Waals surface area contributed by atoms with Crippen LogP contribution >= 0.6 is 24.0 Å². The Balaban J connectivity index is 0.00000484. The molecule has 0 fully saturated rings. The lowest BCUT2D eigenvalue weighted by Crippen LogP contribution is -2.32. The van der Waals surface area contributed by atoms with Crippen LogP contribution in [0.3, 0.4) is 0 Å². The first kappa shape index (κ1) is 21.8. The van der Waals surface area contributed by atoms with Gasteiger partial charge in [0.2, 0.25) is 0 Å². The SMILES string of the molecule is CCCCNC(N)=NCC(O)c1ccc(OC(F)(F)F)cc1.I. The van der Waals surface area contributed by atoms with Crippen molar-refractivity contribution in [3.8, 4) is 5.75 Å². The van der Waals surface area contributed by atoms with Crippen molar-refractivity contribution in [1.82, 2.24) is 5.32 Å². The third-order valence-corrected chi connectivity index (χ3v) is 2.77. The predicted octanol–water partition coefficient (Wildman–Crippen LogP) is 2.94. The summed E-state index contributed by atoms with van der Waals surface area (Å²) in [5.41, 5.74) is 6.05. The van der Waals surface area contributed by atoms with Crippen molar-refractivity contribution in [3.05, 3.63) is 29.8 Å². The summed E-state index contributed by atoms with van der Waals surface area (Å²) in [6.45, 7) is 2.76. The molecule has 9 heteroatoms. The molecule has 132 valence electrons. The Kier molecular flexibility index (Phi) is 9.96. The van der Waals surface area contributed by atoms with Gasteiger partial charge in [0.25, 0.3) is 0 Å². The van der Waals surface area contributed by atoms with Gasteiger partial charge in [0, 0.05) is 6.54 Å². The molecule has 0 radical (unpaired) electrons. The van der Waals surface area contributed by atoms with Gasteiger partial charge >= 0.3 is 6.36 Å². The fourth-order valence-electron chi connectivity index (χ4n) is 1.63. The molecule has 0 bridgehead atoms. The van der Waals surface area contributed by atoms with E-state index in [9.17, 15) is 18.3 Å². The van der Waals surface area contributed by atoms with Crippen molar-refractivity contribution in [3.63, 3.8) is 0 Å². The summed E-state index contributed by atoms with van der Waals surface area (Å²) in [5.74, 6) is -0.114. The number of halogens is 4. The number of rotatable bonds is 7. The number of unbranched alkanes of at least 4 members (excludes halogenated alkanes) is 1. The molecule has 4 N–H and O–H groups in total. The molecule has 0 aromatic heterocycles. The minimum absolute atomic E-state index is 0. The van der Waals surface area contributed by atoms with E-state index in [-0.39, 0.29) is 42.2 Å². The molecule has 0 aliphatic rings. The number of nitrogens with zero attached hydrogens (tertiary/aromatic N) is 1. The fourth-order valence-corrected chi connectivity index (χ4v) is 1.63. The van der Waals surface area contributed by atoms with Crippen molar-refractivity contribution in [1.29, 1.82) is 0 Å². The van der Waals surface area contributed by atoms with Crippen LogP contribution < -0.4 is 15.8 Å². The van der Waals surface area contributed by atoms with Gasteiger partial charge < -0.3 is 20.9 Å². The van der Waals surface area contributed by atoms with Gasteiger partial charge in [-0.3, -0.25) is 4.99 Å². The molecule has 1 atom stereocenters. The van der Waals surface area contributed by atoms with E-state index in [1.54, 1.807) is 0 Å². The molecule has 1 unspecified atom stereocenters. The monoisotopic (exact) mass is 447 g/mol. The number of nitrogens with one attached hydrogen (secondary N) is 1. The molecule has 0 saturated heterocycles. The Bertz CT molecular complexity index is 481. The van der Waals surface area contributed by atoms with E-state index in [2.05, 4.69) is 15.0 Å². The summed E-state index contributed by atoms with van der Waals surface area (Å²) in [4.78, 5) is 3.98. The highest BCUT2D eigenvalue weighted by atomic mass is 127. The Labute approximate surface area is 150 Å². The summed E-state index contributed by atoms with van der Waals surface area (Å²) >= 11 is 0. The minimum atomic E-state index is -4.73. The minimum Gasteiger partial charge on any atom is -0.406 e. The number of alkyl halides is 3. The van der Waals surface area contributed by atoms with Crippen LogP contribution in [-0.4, -0.2) is 30.5 Å². The van der Waals surface area contributed by atoms with Gasteiger partial charge in [-0.15, -0.1) is 37.1 Å². The molecule has 0 heterocycles. The van der Waals surface area contributed by atoms with Gasteiger partial charge in [-0.25, -0.2) is 0 Å². The maximum Gasteiger partial charge on any atom is 0.573 e. The first-order valence-electron chi connectivity index (χ1n) is 6.89.